The fourth-order valence-electron chi connectivity index (χ4n) is 3.04. The summed E-state index contributed by atoms with van der Waals surface area (Å²) < 4.78 is 0. The Morgan fingerprint density at radius 3 is 2.30 bits per heavy atom. The number of ketones is 1. The molecule has 0 N–H and O–H groups in total. The average Bonchev–Trinajstić information content (AvgIpc) is 2.42. The Balaban J connectivity index is 2.44. The number of likely N-dealkylation sites (N-methyl/N-ethyl adjacent to an activating group) is 2. The Kier molecular flexibility index (Phi) is 7.46. The summed E-state index contributed by atoms with van der Waals surface area (Å²) in [5.41, 5.74) is 0. The number of carbonyl (C=O) groups is 1. The highest BCUT2D eigenvalue weighted by Gasteiger charge is 2.29. The molecule has 1 aliphatic rings. The number of rotatable bonds is 7. The van der Waals surface area contributed by atoms with E-state index >= 15 is 0 Å². The highest BCUT2D eigenvalue weighted by atomic mass is 16.1. The van der Waals surface area contributed by atoms with Crippen LogP contribution in [0.1, 0.15) is 46.0 Å². The molecule has 0 heterocycles. The first kappa shape index (κ1) is 17.4. The van der Waals surface area contributed by atoms with Crippen molar-refractivity contribution in [2.24, 2.45) is 5.92 Å². The molecule has 0 bridgehead atoms. The van der Waals surface area contributed by atoms with Gasteiger partial charge in [0.25, 0.3) is 0 Å². The molecule has 0 aliphatic heterocycles. The Hall–Kier alpha value is -0.670. The molecule has 0 spiro atoms. The first-order valence-corrected chi connectivity index (χ1v) is 7.99. The first-order valence-electron chi connectivity index (χ1n) is 7.99. The van der Waals surface area contributed by atoms with E-state index in [1.54, 1.807) is 6.08 Å². The number of nitrogens with zero attached hydrogens (tertiary/aromatic N) is 2. The summed E-state index contributed by atoms with van der Waals surface area (Å²) in [6.45, 7) is 5.06. The molecular formula is C17H32N2O. The van der Waals surface area contributed by atoms with Gasteiger partial charge in [0.15, 0.2) is 5.78 Å². The third-order valence-corrected chi connectivity index (χ3v) is 4.30. The van der Waals surface area contributed by atoms with Crippen LogP contribution in [0.15, 0.2) is 12.2 Å². The maximum Gasteiger partial charge on any atom is 0.156 e. The van der Waals surface area contributed by atoms with Gasteiger partial charge in [-0.05, 0) is 46.0 Å². The van der Waals surface area contributed by atoms with Gasteiger partial charge in [-0.25, -0.2) is 0 Å². The van der Waals surface area contributed by atoms with Crippen LogP contribution in [-0.2, 0) is 4.79 Å². The Morgan fingerprint density at radius 1 is 1.15 bits per heavy atom. The van der Waals surface area contributed by atoms with Gasteiger partial charge in [-0.2, -0.15) is 0 Å². The fraction of sp³-hybridized carbons (Fsp3) is 0.824. The zero-order chi connectivity index (χ0) is 15.1. The van der Waals surface area contributed by atoms with Gasteiger partial charge < -0.3 is 9.80 Å². The van der Waals surface area contributed by atoms with E-state index in [9.17, 15) is 4.79 Å². The second-order valence-electron chi connectivity index (χ2n) is 6.68. The second-order valence-corrected chi connectivity index (χ2v) is 6.68. The monoisotopic (exact) mass is 280 g/mol. The van der Waals surface area contributed by atoms with Gasteiger partial charge >= 0.3 is 0 Å². The lowest BCUT2D eigenvalue weighted by Gasteiger charge is -2.41. The first-order chi connectivity index (χ1) is 9.41. The summed E-state index contributed by atoms with van der Waals surface area (Å²) in [5.74, 6) is 0.705. The lowest BCUT2D eigenvalue weighted by molar-refractivity contribution is -0.115. The molecule has 0 radical (unpaired) electrons. The van der Waals surface area contributed by atoms with E-state index in [4.69, 9.17) is 0 Å². The highest BCUT2D eigenvalue weighted by Crippen LogP contribution is 2.25. The van der Waals surface area contributed by atoms with Crippen LogP contribution >= 0.6 is 0 Å². The van der Waals surface area contributed by atoms with Crippen LogP contribution in [0.5, 0.6) is 0 Å². The molecular weight excluding hydrogens is 248 g/mol. The molecule has 1 rings (SSSR count). The van der Waals surface area contributed by atoms with Gasteiger partial charge in [-0.3, -0.25) is 4.79 Å². The van der Waals surface area contributed by atoms with Crippen molar-refractivity contribution in [2.75, 3.05) is 27.7 Å². The molecule has 116 valence electrons. The van der Waals surface area contributed by atoms with E-state index in [1.165, 1.54) is 25.7 Å². The highest BCUT2D eigenvalue weighted by molar-refractivity contribution is 5.89. The minimum Gasteiger partial charge on any atom is -0.305 e. The third-order valence-electron chi connectivity index (χ3n) is 4.30. The maximum absolute atomic E-state index is 11.8. The standard InChI is InChI=1S/C17H32N2O/c1-14(2)10-11-15(20)12-13-19(5)17-9-7-6-8-16(17)18(3)4/h10-11,14,16-17H,6-9,12-13H2,1-5H3/b11-10-. The smallest absolute Gasteiger partial charge is 0.156 e. The summed E-state index contributed by atoms with van der Waals surface area (Å²) >= 11 is 0. The van der Waals surface area contributed by atoms with E-state index in [-0.39, 0.29) is 5.78 Å². The van der Waals surface area contributed by atoms with Crippen molar-refractivity contribution in [1.29, 1.82) is 0 Å². The van der Waals surface area contributed by atoms with Crippen LogP contribution < -0.4 is 0 Å². The normalized spacial score (nSPS) is 24.2. The van der Waals surface area contributed by atoms with E-state index in [1.807, 2.05) is 6.08 Å². The largest absolute Gasteiger partial charge is 0.305 e. The van der Waals surface area contributed by atoms with E-state index in [0.717, 1.165) is 6.54 Å². The van der Waals surface area contributed by atoms with Crippen LogP contribution in [0.2, 0.25) is 0 Å². The van der Waals surface area contributed by atoms with Gasteiger partial charge in [0.1, 0.15) is 0 Å². The zero-order valence-corrected chi connectivity index (χ0v) is 13.9. The predicted molar refractivity (Wildman–Crippen MR) is 86.0 cm³/mol. The second kappa shape index (κ2) is 8.58. The molecule has 0 saturated heterocycles. The van der Waals surface area contributed by atoms with Gasteiger partial charge in [-0.15, -0.1) is 0 Å². The summed E-state index contributed by atoms with van der Waals surface area (Å²) in [6.07, 6.45) is 9.58. The van der Waals surface area contributed by atoms with Crippen LogP contribution in [0.3, 0.4) is 0 Å². The summed E-state index contributed by atoms with van der Waals surface area (Å²) in [7, 11) is 6.52. The molecule has 2 atom stereocenters. The number of hydrogen-bond donors (Lipinski definition) is 0. The Labute approximate surface area is 125 Å². The minimum absolute atomic E-state index is 0.253. The number of carbonyl (C=O) groups excluding carboxylic acids is 1. The minimum atomic E-state index is 0.253. The topological polar surface area (TPSA) is 23.6 Å². The molecule has 1 fully saturated rings. The summed E-state index contributed by atoms with van der Waals surface area (Å²) in [6, 6.07) is 1.23. The third kappa shape index (κ3) is 5.76. The molecule has 1 saturated carbocycles. The van der Waals surface area contributed by atoms with Crippen molar-refractivity contribution < 1.29 is 4.79 Å². The van der Waals surface area contributed by atoms with Crippen molar-refractivity contribution in [3.63, 3.8) is 0 Å². The van der Waals surface area contributed by atoms with Crippen molar-refractivity contribution in [2.45, 2.75) is 58.0 Å². The lowest BCUT2D eigenvalue weighted by atomic mass is 9.88. The Bertz CT molecular complexity index is 323. The fourth-order valence-corrected chi connectivity index (χ4v) is 3.04. The van der Waals surface area contributed by atoms with Crippen molar-refractivity contribution in [3.05, 3.63) is 12.2 Å². The zero-order valence-electron chi connectivity index (χ0n) is 13.9. The molecule has 0 amide bonds. The van der Waals surface area contributed by atoms with E-state index in [0.29, 0.717) is 24.4 Å². The van der Waals surface area contributed by atoms with Crippen molar-refractivity contribution in [3.8, 4) is 0 Å². The molecule has 0 aromatic heterocycles. The molecule has 1 aliphatic carbocycles. The van der Waals surface area contributed by atoms with E-state index < -0.39 is 0 Å². The Morgan fingerprint density at radius 2 is 1.75 bits per heavy atom. The van der Waals surface area contributed by atoms with Crippen molar-refractivity contribution in [1.82, 2.24) is 9.80 Å². The van der Waals surface area contributed by atoms with Crippen LogP contribution in [0.4, 0.5) is 0 Å². The van der Waals surface area contributed by atoms with Crippen LogP contribution in [-0.4, -0.2) is 55.4 Å². The molecule has 20 heavy (non-hydrogen) atoms. The average molecular weight is 280 g/mol. The molecule has 2 unspecified atom stereocenters. The summed E-state index contributed by atoms with van der Waals surface area (Å²) in [4.78, 5) is 16.6. The van der Waals surface area contributed by atoms with Gasteiger partial charge in [-0.1, -0.05) is 32.8 Å². The molecule has 3 heteroatoms. The predicted octanol–water partition coefficient (Wildman–Crippen LogP) is 2.96. The molecule has 0 aromatic rings. The van der Waals surface area contributed by atoms with Crippen LogP contribution in [0.25, 0.3) is 0 Å². The lowest BCUT2D eigenvalue weighted by Crippen LogP contribution is -2.50. The molecule has 0 aromatic carbocycles. The van der Waals surface area contributed by atoms with Gasteiger partial charge in [0.05, 0.1) is 0 Å². The van der Waals surface area contributed by atoms with Crippen molar-refractivity contribution >= 4 is 5.78 Å². The SMILES string of the molecule is CC(C)/C=C\C(=O)CCN(C)C1CCCCC1N(C)C. The maximum atomic E-state index is 11.8. The quantitative estimate of drug-likeness (QED) is 0.670. The number of hydrogen-bond acceptors (Lipinski definition) is 3. The van der Waals surface area contributed by atoms with Gasteiger partial charge in [0.2, 0.25) is 0 Å². The summed E-state index contributed by atoms with van der Waals surface area (Å²) in [5, 5.41) is 0. The van der Waals surface area contributed by atoms with E-state index in [2.05, 4.69) is 44.8 Å². The van der Waals surface area contributed by atoms with Crippen LogP contribution in [0, 0.1) is 5.92 Å². The van der Waals surface area contributed by atoms with Gasteiger partial charge in [0, 0.05) is 25.0 Å². The molecule has 3 nitrogen and oxygen atoms in total. The number of allylic oxidation sites excluding steroid dienone is 2.